The van der Waals surface area contributed by atoms with E-state index >= 15 is 0 Å². The second-order valence-corrected chi connectivity index (χ2v) is 5.68. The number of aromatic nitrogens is 1. The Bertz CT molecular complexity index is 735. The number of rotatable bonds is 6. The molecule has 23 heavy (non-hydrogen) atoms. The smallest absolute Gasteiger partial charge is 0.0933 e. The van der Waals surface area contributed by atoms with Crippen LogP contribution in [0, 0.1) is 0 Å². The van der Waals surface area contributed by atoms with Gasteiger partial charge in [-0.2, -0.15) is 5.48 Å². The molecule has 0 saturated heterocycles. The molecule has 0 aliphatic heterocycles. The summed E-state index contributed by atoms with van der Waals surface area (Å²) >= 11 is 0. The predicted octanol–water partition coefficient (Wildman–Crippen LogP) is 4.47. The monoisotopic (exact) mass is 306 g/mol. The van der Waals surface area contributed by atoms with Crippen LogP contribution in [0.15, 0.2) is 72.8 Å². The lowest BCUT2D eigenvalue weighted by atomic mass is 10.2. The molecule has 3 rings (SSSR count). The van der Waals surface area contributed by atoms with Gasteiger partial charge in [-0.3, -0.25) is 4.84 Å². The van der Waals surface area contributed by atoms with Crippen LogP contribution in [0.2, 0.25) is 0 Å². The summed E-state index contributed by atoms with van der Waals surface area (Å²) in [6.07, 6.45) is 0. The van der Waals surface area contributed by atoms with E-state index in [1.165, 1.54) is 17.0 Å². The molecule has 1 unspecified atom stereocenters. The van der Waals surface area contributed by atoms with Crippen LogP contribution in [0.25, 0.3) is 11.3 Å². The maximum Gasteiger partial charge on any atom is 0.0933 e. The molecule has 2 aromatic carbocycles. The van der Waals surface area contributed by atoms with Gasteiger partial charge in [0.2, 0.25) is 0 Å². The van der Waals surface area contributed by atoms with Gasteiger partial charge in [0, 0.05) is 18.4 Å². The van der Waals surface area contributed by atoms with Crippen molar-refractivity contribution in [3.63, 3.8) is 0 Å². The normalized spacial score (nSPS) is 12.3. The SMILES string of the molecule is CC(NOCc1ccccc1)c1ccc(-c2ccccc2)n1C. The van der Waals surface area contributed by atoms with Gasteiger partial charge in [0.25, 0.3) is 0 Å². The average molecular weight is 306 g/mol. The van der Waals surface area contributed by atoms with Crippen molar-refractivity contribution >= 4 is 0 Å². The third-order valence-corrected chi connectivity index (χ3v) is 4.02. The fourth-order valence-electron chi connectivity index (χ4n) is 2.75. The van der Waals surface area contributed by atoms with Gasteiger partial charge in [-0.05, 0) is 30.2 Å². The topological polar surface area (TPSA) is 26.2 Å². The van der Waals surface area contributed by atoms with Crippen molar-refractivity contribution in [3.05, 3.63) is 84.1 Å². The largest absolute Gasteiger partial charge is 0.346 e. The minimum Gasteiger partial charge on any atom is -0.346 e. The van der Waals surface area contributed by atoms with E-state index in [9.17, 15) is 0 Å². The summed E-state index contributed by atoms with van der Waals surface area (Å²) in [6.45, 7) is 2.66. The van der Waals surface area contributed by atoms with Crippen molar-refractivity contribution in [1.29, 1.82) is 0 Å². The van der Waals surface area contributed by atoms with Gasteiger partial charge in [0.05, 0.1) is 12.6 Å². The Morgan fingerprint density at radius 2 is 1.57 bits per heavy atom. The summed E-state index contributed by atoms with van der Waals surface area (Å²) in [7, 11) is 2.09. The van der Waals surface area contributed by atoms with Gasteiger partial charge in [-0.15, -0.1) is 0 Å². The number of hydroxylamine groups is 1. The van der Waals surface area contributed by atoms with Crippen molar-refractivity contribution in [2.45, 2.75) is 19.6 Å². The summed E-state index contributed by atoms with van der Waals surface area (Å²) in [6, 6.07) is 25.0. The first-order valence-electron chi connectivity index (χ1n) is 7.88. The molecule has 0 aliphatic rings. The lowest BCUT2D eigenvalue weighted by Crippen LogP contribution is -2.21. The fourth-order valence-corrected chi connectivity index (χ4v) is 2.75. The molecule has 0 fully saturated rings. The Labute approximate surface area is 137 Å². The molecule has 3 aromatic rings. The summed E-state index contributed by atoms with van der Waals surface area (Å²) < 4.78 is 2.21. The van der Waals surface area contributed by atoms with Crippen LogP contribution in [-0.4, -0.2) is 4.57 Å². The van der Waals surface area contributed by atoms with Gasteiger partial charge in [0.1, 0.15) is 0 Å². The zero-order valence-corrected chi connectivity index (χ0v) is 13.6. The van der Waals surface area contributed by atoms with E-state index in [4.69, 9.17) is 4.84 Å². The minimum absolute atomic E-state index is 0.112. The second-order valence-electron chi connectivity index (χ2n) is 5.68. The van der Waals surface area contributed by atoms with Crippen molar-refractivity contribution in [3.8, 4) is 11.3 Å². The molecule has 0 spiro atoms. The standard InChI is InChI=1S/C20H22N2O/c1-16(21-23-15-17-9-5-3-6-10-17)19-13-14-20(22(19)2)18-11-7-4-8-12-18/h3-14,16,21H,15H2,1-2H3. The maximum atomic E-state index is 5.64. The van der Waals surface area contributed by atoms with Crippen LogP contribution in [0.4, 0.5) is 0 Å². The molecule has 0 bridgehead atoms. The Hall–Kier alpha value is -2.36. The van der Waals surface area contributed by atoms with Crippen molar-refractivity contribution in [2.24, 2.45) is 7.05 Å². The van der Waals surface area contributed by atoms with Crippen LogP contribution in [0.3, 0.4) is 0 Å². The Morgan fingerprint density at radius 1 is 0.913 bits per heavy atom. The first-order chi connectivity index (χ1) is 11.3. The molecule has 0 amide bonds. The lowest BCUT2D eigenvalue weighted by molar-refractivity contribution is 0.00561. The summed E-state index contributed by atoms with van der Waals surface area (Å²) in [5, 5.41) is 0. The number of benzene rings is 2. The van der Waals surface area contributed by atoms with E-state index in [2.05, 4.69) is 72.5 Å². The van der Waals surface area contributed by atoms with Crippen molar-refractivity contribution in [1.82, 2.24) is 10.0 Å². The van der Waals surface area contributed by atoms with Gasteiger partial charge < -0.3 is 4.57 Å². The first kappa shape index (κ1) is 15.5. The predicted molar refractivity (Wildman–Crippen MR) is 93.6 cm³/mol. The van der Waals surface area contributed by atoms with Gasteiger partial charge >= 0.3 is 0 Å². The highest BCUT2D eigenvalue weighted by atomic mass is 16.6. The molecule has 3 heteroatoms. The third-order valence-electron chi connectivity index (χ3n) is 4.02. The Balaban J connectivity index is 1.64. The zero-order chi connectivity index (χ0) is 16.1. The highest BCUT2D eigenvalue weighted by Gasteiger charge is 2.12. The first-order valence-corrected chi connectivity index (χ1v) is 7.88. The summed E-state index contributed by atoms with van der Waals surface area (Å²) in [4.78, 5) is 5.64. The minimum atomic E-state index is 0.112. The van der Waals surface area contributed by atoms with Crippen molar-refractivity contribution < 1.29 is 4.84 Å². The van der Waals surface area contributed by atoms with Crippen LogP contribution >= 0.6 is 0 Å². The molecule has 3 nitrogen and oxygen atoms in total. The molecule has 1 aromatic heterocycles. The summed E-state index contributed by atoms with van der Waals surface area (Å²) in [5.74, 6) is 0. The highest BCUT2D eigenvalue weighted by Crippen LogP contribution is 2.24. The number of nitrogens with zero attached hydrogens (tertiary/aromatic N) is 1. The lowest BCUT2D eigenvalue weighted by Gasteiger charge is -2.16. The quantitative estimate of drug-likeness (QED) is 0.680. The molecule has 1 N–H and O–H groups in total. The molecular formula is C20H22N2O. The van der Waals surface area contributed by atoms with E-state index in [0.717, 1.165) is 5.56 Å². The molecule has 1 atom stereocenters. The molecule has 0 aliphatic carbocycles. The van der Waals surface area contributed by atoms with Crippen LogP contribution in [0.5, 0.6) is 0 Å². The Morgan fingerprint density at radius 3 is 2.26 bits per heavy atom. The van der Waals surface area contributed by atoms with Gasteiger partial charge in [-0.25, -0.2) is 0 Å². The van der Waals surface area contributed by atoms with E-state index in [-0.39, 0.29) is 6.04 Å². The number of hydrogen-bond donors (Lipinski definition) is 1. The molecule has 0 saturated carbocycles. The van der Waals surface area contributed by atoms with E-state index < -0.39 is 0 Å². The molecule has 0 radical (unpaired) electrons. The van der Waals surface area contributed by atoms with Crippen LogP contribution in [-0.2, 0) is 18.5 Å². The molecule has 118 valence electrons. The average Bonchev–Trinajstić information content (AvgIpc) is 2.98. The maximum absolute atomic E-state index is 5.64. The fraction of sp³-hybridized carbons (Fsp3) is 0.200. The van der Waals surface area contributed by atoms with Gasteiger partial charge in [-0.1, -0.05) is 60.7 Å². The third kappa shape index (κ3) is 3.70. The number of hydrogen-bond acceptors (Lipinski definition) is 2. The molecular weight excluding hydrogens is 284 g/mol. The Kier molecular flexibility index (Phi) is 4.91. The second kappa shape index (κ2) is 7.27. The van der Waals surface area contributed by atoms with Gasteiger partial charge in [0.15, 0.2) is 0 Å². The molecule has 1 heterocycles. The van der Waals surface area contributed by atoms with Crippen LogP contribution < -0.4 is 5.48 Å². The highest BCUT2D eigenvalue weighted by molar-refractivity contribution is 5.60. The summed E-state index contributed by atoms with van der Waals surface area (Å²) in [5.41, 5.74) is 7.91. The van der Waals surface area contributed by atoms with E-state index in [1.54, 1.807) is 0 Å². The van der Waals surface area contributed by atoms with E-state index in [0.29, 0.717) is 6.61 Å². The van der Waals surface area contributed by atoms with Crippen LogP contribution in [0.1, 0.15) is 24.2 Å². The number of nitrogens with one attached hydrogen (secondary N) is 1. The van der Waals surface area contributed by atoms with E-state index in [1.807, 2.05) is 24.3 Å². The zero-order valence-electron chi connectivity index (χ0n) is 13.6. The van der Waals surface area contributed by atoms with Crippen molar-refractivity contribution in [2.75, 3.05) is 0 Å².